The minimum Gasteiger partial charge on any atom is -0.385 e. The van der Waals surface area contributed by atoms with Crippen LogP contribution in [0.4, 0.5) is 0 Å². The van der Waals surface area contributed by atoms with Crippen LogP contribution < -0.4 is 0 Å². The fourth-order valence-corrected chi connectivity index (χ4v) is 2.13. The Morgan fingerprint density at radius 3 is 2.29 bits per heavy atom. The van der Waals surface area contributed by atoms with Crippen LogP contribution in [0.1, 0.15) is 28.8 Å². The number of hydrogen-bond donors (Lipinski definition) is 0. The molecule has 0 saturated carbocycles. The molecule has 0 N–H and O–H groups in total. The predicted molar refractivity (Wildman–Crippen MR) is 84.9 cm³/mol. The summed E-state index contributed by atoms with van der Waals surface area (Å²) in [6, 6.07) is 7.77. The van der Waals surface area contributed by atoms with Gasteiger partial charge in [0.05, 0.1) is 6.61 Å². The van der Waals surface area contributed by atoms with Crippen molar-refractivity contribution < 1.29 is 14.3 Å². The molecule has 1 aromatic rings. The number of carbonyl (C=O) groups excluding carboxylic acids is 1. The molecule has 0 atom stereocenters. The highest BCUT2D eigenvalue weighted by atomic mass is 16.5. The summed E-state index contributed by atoms with van der Waals surface area (Å²) < 4.78 is 10.2. The zero-order valence-corrected chi connectivity index (χ0v) is 13.4. The first-order valence-corrected chi connectivity index (χ1v) is 7.47. The van der Waals surface area contributed by atoms with E-state index in [1.54, 1.807) is 14.2 Å². The van der Waals surface area contributed by atoms with Crippen LogP contribution in [0.5, 0.6) is 0 Å². The van der Waals surface area contributed by atoms with Crippen molar-refractivity contribution in [3.05, 3.63) is 35.4 Å². The standard InChI is InChI=1S/C17H27NO3/c1-15-5-7-16(8-6-15)17(19)9-11-18(12-14-21-3)10-4-13-20-2/h5-8H,4,9-14H2,1-3H3. The van der Waals surface area contributed by atoms with E-state index < -0.39 is 0 Å². The fourth-order valence-electron chi connectivity index (χ4n) is 2.13. The average Bonchev–Trinajstić information content (AvgIpc) is 2.50. The summed E-state index contributed by atoms with van der Waals surface area (Å²) in [5, 5.41) is 0. The summed E-state index contributed by atoms with van der Waals surface area (Å²) in [7, 11) is 3.41. The monoisotopic (exact) mass is 293 g/mol. The molecule has 0 aromatic heterocycles. The van der Waals surface area contributed by atoms with Gasteiger partial charge in [0, 0.05) is 52.4 Å². The summed E-state index contributed by atoms with van der Waals surface area (Å²) >= 11 is 0. The molecule has 0 radical (unpaired) electrons. The Hall–Kier alpha value is -1.23. The number of aryl methyl sites for hydroxylation is 1. The fraction of sp³-hybridized carbons (Fsp3) is 0.588. The number of ether oxygens (including phenoxy) is 2. The van der Waals surface area contributed by atoms with Gasteiger partial charge in [-0.1, -0.05) is 29.8 Å². The van der Waals surface area contributed by atoms with E-state index in [-0.39, 0.29) is 5.78 Å². The van der Waals surface area contributed by atoms with Crippen LogP contribution in [0, 0.1) is 6.92 Å². The zero-order chi connectivity index (χ0) is 15.5. The summed E-state index contributed by atoms with van der Waals surface area (Å²) in [5.41, 5.74) is 1.97. The first-order chi connectivity index (χ1) is 10.2. The third kappa shape index (κ3) is 7.37. The minimum absolute atomic E-state index is 0.198. The highest BCUT2D eigenvalue weighted by Gasteiger charge is 2.10. The summed E-state index contributed by atoms with van der Waals surface area (Å²) in [4.78, 5) is 14.4. The van der Waals surface area contributed by atoms with Gasteiger partial charge >= 0.3 is 0 Å². The molecule has 0 aliphatic heterocycles. The van der Waals surface area contributed by atoms with E-state index in [1.165, 1.54) is 5.56 Å². The van der Waals surface area contributed by atoms with Crippen molar-refractivity contribution in [2.24, 2.45) is 0 Å². The van der Waals surface area contributed by atoms with Gasteiger partial charge in [0.2, 0.25) is 0 Å². The van der Waals surface area contributed by atoms with Gasteiger partial charge in [-0.2, -0.15) is 0 Å². The normalized spacial score (nSPS) is 11.0. The van der Waals surface area contributed by atoms with E-state index in [1.807, 2.05) is 31.2 Å². The quantitative estimate of drug-likeness (QED) is 0.464. The van der Waals surface area contributed by atoms with E-state index in [4.69, 9.17) is 9.47 Å². The Labute approximate surface area is 128 Å². The lowest BCUT2D eigenvalue weighted by molar-refractivity contribution is 0.0940. The molecule has 118 valence electrons. The lowest BCUT2D eigenvalue weighted by atomic mass is 10.1. The number of Topliss-reactive ketones (excluding diaryl/α,β-unsaturated/α-hetero) is 1. The third-order valence-electron chi connectivity index (χ3n) is 3.46. The van der Waals surface area contributed by atoms with Crippen LogP contribution in [-0.4, -0.2) is 57.8 Å². The average molecular weight is 293 g/mol. The molecule has 0 fully saturated rings. The Morgan fingerprint density at radius 1 is 1.00 bits per heavy atom. The van der Waals surface area contributed by atoms with Gasteiger partial charge in [0.15, 0.2) is 5.78 Å². The summed E-state index contributed by atoms with van der Waals surface area (Å²) in [5.74, 6) is 0.198. The van der Waals surface area contributed by atoms with Gasteiger partial charge in [-0.15, -0.1) is 0 Å². The number of hydrogen-bond acceptors (Lipinski definition) is 4. The van der Waals surface area contributed by atoms with Gasteiger partial charge < -0.3 is 14.4 Å². The minimum atomic E-state index is 0.198. The molecule has 4 nitrogen and oxygen atoms in total. The van der Waals surface area contributed by atoms with Crippen LogP contribution in [0.25, 0.3) is 0 Å². The van der Waals surface area contributed by atoms with Crippen molar-refractivity contribution in [2.75, 3.05) is 47.1 Å². The van der Waals surface area contributed by atoms with Gasteiger partial charge in [-0.05, 0) is 13.3 Å². The van der Waals surface area contributed by atoms with Crippen molar-refractivity contribution in [2.45, 2.75) is 19.8 Å². The highest BCUT2D eigenvalue weighted by molar-refractivity contribution is 5.96. The van der Waals surface area contributed by atoms with Crippen LogP contribution in [-0.2, 0) is 9.47 Å². The Kier molecular flexibility index (Phi) is 8.90. The largest absolute Gasteiger partial charge is 0.385 e. The molecule has 0 aliphatic rings. The molecule has 0 saturated heterocycles. The number of nitrogens with zero attached hydrogens (tertiary/aromatic N) is 1. The molecule has 0 aliphatic carbocycles. The molecule has 0 spiro atoms. The van der Waals surface area contributed by atoms with Crippen LogP contribution in [0.3, 0.4) is 0 Å². The van der Waals surface area contributed by atoms with Gasteiger partial charge in [0.25, 0.3) is 0 Å². The van der Waals surface area contributed by atoms with Crippen molar-refractivity contribution in [1.82, 2.24) is 4.90 Å². The molecule has 21 heavy (non-hydrogen) atoms. The first kappa shape index (κ1) is 17.8. The van der Waals surface area contributed by atoms with E-state index in [9.17, 15) is 4.79 Å². The van der Waals surface area contributed by atoms with Crippen LogP contribution in [0.2, 0.25) is 0 Å². The molecular formula is C17H27NO3. The van der Waals surface area contributed by atoms with Gasteiger partial charge in [0.1, 0.15) is 0 Å². The second kappa shape index (κ2) is 10.5. The molecule has 0 amide bonds. The zero-order valence-electron chi connectivity index (χ0n) is 13.4. The molecule has 0 unspecified atom stereocenters. The van der Waals surface area contributed by atoms with Crippen molar-refractivity contribution >= 4 is 5.78 Å². The van der Waals surface area contributed by atoms with Crippen molar-refractivity contribution in [1.29, 1.82) is 0 Å². The molecule has 0 heterocycles. The first-order valence-electron chi connectivity index (χ1n) is 7.47. The molecule has 0 bridgehead atoms. The lowest BCUT2D eigenvalue weighted by Crippen LogP contribution is -2.31. The molecular weight excluding hydrogens is 266 g/mol. The predicted octanol–water partition coefficient (Wildman–Crippen LogP) is 2.55. The summed E-state index contributed by atoms with van der Waals surface area (Å²) in [6.07, 6.45) is 1.51. The smallest absolute Gasteiger partial charge is 0.164 e. The van der Waals surface area contributed by atoms with Crippen LogP contribution >= 0.6 is 0 Å². The molecule has 1 rings (SSSR count). The Bertz CT molecular complexity index is 403. The highest BCUT2D eigenvalue weighted by Crippen LogP contribution is 2.07. The molecule has 1 aromatic carbocycles. The topological polar surface area (TPSA) is 38.8 Å². The number of rotatable bonds is 11. The second-order valence-corrected chi connectivity index (χ2v) is 5.22. The van der Waals surface area contributed by atoms with Gasteiger partial charge in [-0.3, -0.25) is 4.79 Å². The van der Waals surface area contributed by atoms with Crippen molar-refractivity contribution in [3.63, 3.8) is 0 Å². The van der Waals surface area contributed by atoms with E-state index >= 15 is 0 Å². The maximum absolute atomic E-state index is 12.2. The van der Waals surface area contributed by atoms with Crippen LogP contribution in [0.15, 0.2) is 24.3 Å². The van der Waals surface area contributed by atoms with Crippen molar-refractivity contribution in [3.8, 4) is 0 Å². The lowest BCUT2D eigenvalue weighted by Gasteiger charge is -2.21. The van der Waals surface area contributed by atoms with E-state index in [2.05, 4.69) is 4.90 Å². The Morgan fingerprint density at radius 2 is 1.67 bits per heavy atom. The second-order valence-electron chi connectivity index (χ2n) is 5.22. The molecule has 4 heteroatoms. The van der Waals surface area contributed by atoms with E-state index in [0.717, 1.165) is 38.2 Å². The van der Waals surface area contributed by atoms with E-state index in [0.29, 0.717) is 13.0 Å². The number of ketones is 1. The number of methoxy groups -OCH3 is 2. The summed E-state index contributed by atoms with van der Waals surface area (Å²) in [6.45, 7) is 6.00. The Balaban J connectivity index is 2.42. The maximum atomic E-state index is 12.2. The third-order valence-corrected chi connectivity index (χ3v) is 3.46. The number of carbonyl (C=O) groups is 1. The van der Waals surface area contributed by atoms with Gasteiger partial charge in [-0.25, -0.2) is 0 Å². The SMILES string of the molecule is COCCCN(CCOC)CCC(=O)c1ccc(C)cc1. The maximum Gasteiger partial charge on any atom is 0.164 e. The number of benzene rings is 1.